The fraction of sp³-hybridized carbons (Fsp3) is 0.429. The van der Waals surface area contributed by atoms with Crippen molar-refractivity contribution in [2.75, 3.05) is 26.2 Å². The van der Waals surface area contributed by atoms with E-state index in [0.29, 0.717) is 38.0 Å². The summed E-state index contributed by atoms with van der Waals surface area (Å²) in [4.78, 5) is 13.4. The molecular formula is C21H28N3O4S+. The molecule has 3 rings (SSSR count). The highest BCUT2D eigenvalue weighted by molar-refractivity contribution is 7.89. The molecule has 1 N–H and O–H groups in total. The summed E-state index contributed by atoms with van der Waals surface area (Å²) in [7, 11) is -3.81. The predicted molar refractivity (Wildman–Crippen MR) is 112 cm³/mol. The molecule has 0 atom stereocenters. The molecule has 29 heavy (non-hydrogen) atoms. The van der Waals surface area contributed by atoms with Gasteiger partial charge in [0.05, 0.1) is 0 Å². The SMILES string of the molecule is Cc1cc(C)cc(Oc2ccc([NH+]=O)cc2S(=O)(=O)N2CCN(C(C)C)CC2)c1. The van der Waals surface area contributed by atoms with Crippen LogP contribution in [-0.2, 0) is 10.0 Å². The van der Waals surface area contributed by atoms with E-state index in [4.69, 9.17) is 4.74 Å². The molecule has 0 aromatic heterocycles. The summed E-state index contributed by atoms with van der Waals surface area (Å²) in [5, 5.41) is 1.78. The molecule has 0 spiro atoms. The van der Waals surface area contributed by atoms with Crippen LogP contribution in [0.5, 0.6) is 11.5 Å². The summed E-state index contributed by atoms with van der Waals surface area (Å²) < 4.78 is 34.2. The van der Waals surface area contributed by atoms with E-state index < -0.39 is 10.0 Å². The van der Waals surface area contributed by atoms with E-state index in [9.17, 15) is 13.3 Å². The van der Waals surface area contributed by atoms with Gasteiger partial charge >= 0.3 is 0 Å². The summed E-state index contributed by atoms with van der Waals surface area (Å²) in [5.41, 5.74) is 2.22. The average molecular weight is 419 g/mol. The monoisotopic (exact) mass is 418 g/mol. The first-order chi connectivity index (χ1) is 13.7. The van der Waals surface area contributed by atoms with Crippen molar-refractivity contribution in [3.63, 3.8) is 0 Å². The highest BCUT2D eigenvalue weighted by Crippen LogP contribution is 2.33. The molecule has 1 heterocycles. The standard InChI is InChI=1S/C21H27N3O4S/c1-15(2)23-7-9-24(10-8-23)29(26,27)21-14-18(22-25)5-6-20(21)28-19-12-16(3)11-17(4)13-19/h5-6,11-15H,7-10H2,1-4H3/p+1. The number of ether oxygens (including phenoxy) is 1. The second kappa shape index (κ2) is 8.61. The van der Waals surface area contributed by atoms with Crippen LogP contribution in [0.2, 0.25) is 0 Å². The van der Waals surface area contributed by atoms with Gasteiger partial charge in [-0.15, -0.1) is 0 Å². The number of sulfonamides is 1. The Kier molecular flexibility index (Phi) is 6.36. The van der Waals surface area contributed by atoms with Crippen LogP contribution < -0.4 is 9.91 Å². The molecule has 0 bridgehead atoms. The van der Waals surface area contributed by atoms with Crippen molar-refractivity contribution in [3.05, 3.63) is 52.4 Å². The lowest BCUT2D eigenvalue weighted by Gasteiger charge is -2.36. The number of hydrogen-bond acceptors (Lipinski definition) is 5. The lowest BCUT2D eigenvalue weighted by Crippen LogP contribution is -2.55. The molecule has 0 aliphatic carbocycles. The van der Waals surface area contributed by atoms with Gasteiger partial charge in [-0.2, -0.15) is 4.31 Å². The van der Waals surface area contributed by atoms with Crippen LogP contribution >= 0.6 is 0 Å². The molecular weight excluding hydrogens is 390 g/mol. The molecule has 1 aliphatic heterocycles. The first kappa shape index (κ1) is 21.4. The van der Waals surface area contributed by atoms with E-state index >= 15 is 0 Å². The van der Waals surface area contributed by atoms with Crippen molar-refractivity contribution >= 4 is 15.7 Å². The first-order valence-electron chi connectivity index (χ1n) is 9.73. The first-order valence-corrected chi connectivity index (χ1v) is 11.2. The summed E-state index contributed by atoms with van der Waals surface area (Å²) >= 11 is 0. The second-order valence-electron chi connectivity index (χ2n) is 7.72. The van der Waals surface area contributed by atoms with Crippen LogP contribution in [0.1, 0.15) is 25.0 Å². The maximum absolute atomic E-state index is 13.4. The minimum Gasteiger partial charge on any atom is -0.456 e. The molecule has 1 aliphatic rings. The van der Waals surface area contributed by atoms with Crippen LogP contribution in [0.15, 0.2) is 41.3 Å². The number of hydrogen-bond donors (Lipinski definition) is 1. The Bertz CT molecular complexity index is 977. The van der Waals surface area contributed by atoms with E-state index in [0.717, 1.165) is 11.1 Å². The number of benzene rings is 2. The van der Waals surface area contributed by atoms with Gasteiger partial charge in [-0.3, -0.25) is 4.90 Å². The molecule has 0 saturated carbocycles. The molecule has 156 valence electrons. The normalized spacial score (nSPS) is 16.2. The zero-order valence-corrected chi connectivity index (χ0v) is 18.1. The molecule has 1 fully saturated rings. The van der Waals surface area contributed by atoms with Crippen LogP contribution in [0.4, 0.5) is 5.69 Å². The lowest BCUT2D eigenvalue weighted by molar-refractivity contribution is -0.379. The molecule has 2 aromatic rings. The van der Waals surface area contributed by atoms with Gasteiger partial charge < -0.3 is 4.74 Å². The van der Waals surface area contributed by atoms with Gasteiger partial charge in [-0.05, 0) is 57.0 Å². The fourth-order valence-corrected chi connectivity index (χ4v) is 5.14. The summed E-state index contributed by atoms with van der Waals surface area (Å²) in [6.07, 6.45) is 0. The Balaban J connectivity index is 1.95. The summed E-state index contributed by atoms with van der Waals surface area (Å²) in [5.74, 6) is 0.770. The van der Waals surface area contributed by atoms with Crippen molar-refractivity contribution in [2.45, 2.75) is 38.6 Å². The van der Waals surface area contributed by atoms with Crippen LogP contribution in [0.3, 0.4) is 0 Å². The van der Waals surface area contributed by atoms with Gasteiger partial charge in [0.15, 0.2) is 0 Å². The third-order valence-corrected chi connectivity index (χ3v) is 7.03. The number of nitrogens with zero attached hydrogens (tertiary/aromatic N) is 2. The van der Waals surface area contributed by atoms with Gasteiger partial charge in [0.1, 0.15) is 16.4 Å². The van der Waals surface area contributed by atoms with E-state index in [1.165, 1.54) is 22.5 Å². The molecule has 0 radical (unpaired) electrons. The van der Waals surface area contributed by atoms with Crippen LogP contribution in [0, 0.1) is 18.8 Å². The molecule has 1 saturated heterocycles. The van der Waals surface area contributed by atoms with E-state index in [2.05, 4.69) is 18.7 Å². The summed E-state index contributed by atoms with van der Waals surface area (Å²) in [6.45, 7) is 10.3. The third-order valence-electron chi connectivity index (χ3n) is 5.11. The Morgan fingerprint density at radius 1 is 0.966 bits per heavy atom. The fourth-order valence-electron chi connectivity index (χ4n) is 3.58. The van der Waals surface area contributed by atoms with Gasteiger partial charge in [0.2, 0.25) is 10.0 Å². The molecule has 2 aromatic carbocycles. The van der Waals surface area contributed by atoms with Crippen molar-refractivity contribution in [1.29, 1.82) is 0 Å². The van der Waals surface area contributed by atoms with Crippen molar-refractivity contribution < 1.29 is 18.3 Å². The minimum atomic E-state index is -3.81. The van der Waals surface area contributed by atoms with Gasteiger partial charge in [-0.1, -0.05) is 6.07 Å². The molecule has 7 nitrogen and oxygen atoms in total. The predicted octanol–water partition coefficient (Wildman–Crippen LogP) is 2.29. The number of aryl methyl sites for hydroxylation is 2. The zero-order chi connectivity index (χ0) is 21.2. The van der Waals surface area contributed by atoms with Crippen molar-refractivity contribution in [3.8, 4) is 11.5 Å². The Labute approximate surface area is 172 Å². The Hall–Kier alpha value is -2.29. The average Bonchev–Trinajstić information content (AvgIpc) is 2.67. The van der Waals surface area contributed by atoms with Gasteiger partial charge in [0.25, 0.3) is 5.69 Å². The van der Waals surface area contributed by atoms with Crippen molar-refractivity contribution in [1.82, 2.24) is 9.21 Å². The van der Waals surface area contributed by atoms with Crippen molar-refractivity contribution in [2.24, 2.45) is 0 Å². The maximum Gasteiger partial charge on any atom is 0.254 e. The summed E-state index contributed by atoms with van der Waals surface area (Å²) in [6, 6.07) is 10.5. The van der Waals surface area contributed by atoms with Crippen LogP contribution in [-0.4, -0.2) is 49.8 Å². The number of nitroso groups, excluding NO2 is 1. The molecule has 0 amide bonds. The molecule has 0 unspecified atom stereocenters. The lowest BCUT2D eigenvalue weighted by atomic mass is 10.1. The Morgan fingerprint density at radius 2 is 1.59 bits per heavy atom. The third kappa shape index (κ3) is 4.83. The number of nitrogens with one attached hydrogen (secondary N) is 1. The van der Waals surface area contributed by atoms with Crippen LogP contribution in [0.25, 0.3) is 0 Å². The maximum atomic E-state index is 13.4. The quantitative estimate of drug-likeness (QED) is 0.779. The topological polar surface area (TPSA) is 80.9 Å². The molecule has 8 heteroatoms. The number of piperazine rings is 1. The van der Waals surface area contributed by atoms with E-state index in [1.807, 2.05) is 32.0 Å². The highest BCUT2D eigenvalue weighted by atomic mass is 32.2. The van der Waals surface area contributed by atoms with E-state index in [-0.39, 0.29) is 16.3 Å². The number of rotatable bonds is 6. The second-order valence-corrected chi connectivity index (χ2v) is 9.63. The highest BCUT2D eigenvalue weighted by Gasteiger charge is 2.32. The minimum absolute atomic E-state index is 0.00416. The largest absolute Gasteiger partial charge is 0.456 e. The zero-order valence-electron chi connectivity index (χ0n) is 17.3. The van der Waals surface area contributed by atoms with Gasteiger partial charge in [-0.25, -0.2) is 8.42 Å². The Morgan fingerprint density at radius 3 is 2.14 bits per heavy atom. The van der Waals surface area contributed by atoms with E-state index in [1.54, 1.807) is 5.18 Å². The van der Waals surface area contributed by atoms with Gasteiger partial charge in [0, 0.05) is 54.4 Å². The smallest absolute Gasteiger partial charge is 0.254 e.